The second-order valence-corrected chi connectivity index (χ2v) is 6.66. The summed E-state index contributed by atoms with van der Waals surface area (Å²) in [5, 5.41) is 3.61. The fourth-order valence-electron chi connectivity index (χ4n) is 2.63. The molecule has 1 unspecified atom stereocenters. The van der Waals surface area contributed by atoms with E-state index in [1.807, 2.05) is 31.2 Å². The van der Waals surface area contributed by atoms with Gasteiger partial charge in [-0.3, -0.25) is 4.79 Å². The number of rotatable bonds is 7. The first-order valence-corrected chi connectivity index (χ1v) is 9.23. The molecule has 2 heterocycles. The van der Waals surface area contributed by atoms with Crippen molar-refractivity contribution in [2.45, 2.75) is 30.7 Å². The van der Waals surface area contributed by atoms with Crippen LogP contribution >= 0.6 is 11.8 Å². The third-order valence-corrected chi connectivity index (χ3v) is 4.54. The summed E-state index contributed by atoms with van der Waals surface area (Å²) in [7, 11) is 0. The van der Waals surface area contributed by atoms with E-state index < -0.39 is 17.7 Å². The van der Waals surface area contributed by atoms with Crippen molar-refractivity contribution in [1.29, 1.82) is 0 Å². The molecule has 1 aromatic carbocycles. The van der Waals surface area contributed by atoms with Gasteiger partial charge in [-0.2, -0.15) is 8.78 Å². The van der Waals surface area contributed by atoms with Crippen LogP contribution in [0.2, 0.25) is 0 Å². The Morgan fingerprint density at radius 2 is 2.15 bits per heavy atom. The fourth-order valence-corrected chi connectivity index (χ4v) is 3.20. The van der Waals surface area contributed by atoms with E-state index in [1.54, 1.807) is 6.92 Å². The van der Waals surface area contributed by atoms with Gasteiger partial charge in [0, 0.05) is 11.6 Å². The maximum absolute atomic E-state index is 12.7. The van der Waals surface area contributed by atoms with Crippen LogP contribution in [0.1, 0.15) is 36.0 Å². The van der Waals surface area contributed by atoms with E-state index in [4.69, 9.17) is 9.15 Å². The third-order valence-electron chi connectivity index (χ3n) is 3.82. The van der Waals surface area contributed by atoms with Crippen LogP contribution < -0.4 is 10.1 Å². The molecule has 0 radical (unpaired) electrons. The molecule has 1 amide bonds. The van der Waals surface area contributed by atoms with E-state index in [-0.39, 0.29) is 22.4 Å². The number of thioether (sulfide) groups is 1. The second-order valence-electron chi connectivity index (χ2n) is 5.69. The van der Waals surface area contributed by atoms with Crippen molar-refractivity contribution in [1.82, 2.24) is 10.3 Å². The number of alkyl halides is 2. The summed E-state index contributed by atoms with van der Waals surface area (Å²) in [5.74, 6) is -1.99. The Kier molecular flexibility index (Phi) is 5.95. The average molecular weight is 392 g/mol. The lowest BCUT2D eigenvalue weighted by Crippen LogP contribution is -2.27. The first-order valence-electron chi connectivity index (χ1n) is 8.35. The molecule has 2 aromatic heterocycles. The fraction of sp³-hybridized carbons (Fsp3) is 0.263. The molecule has 0 bridgehead atoms. The van der Waals surface area contributed by atoms with Crippen LogP contribution in [0.3, 0.4) is 0 Å². The Morgan fingerprint density at radius 3 is 2.89 bits per heavy atom. The van der Waals surface area contributed by atoms with Gasteiger partial charge in [0.25, 0.3) is 11.7 Å². The van der Waals surface area contributed by atoms with Crippen molar-refractivity contribution in [2.24, 2.45) is 0 Å². The number of halogens is 2. The predicted octanol–water partition coefficient (Wildman–Crippen LogP) is 5.03. The lowest BCUT2D eigenvalue weighted by molar-refractivity contribution is 0.0932. The topological polar surface area (TPSA) is 64.4 Å². The molecule has 5 nitrogen and oxygen atoms in total. The number of nitrogens with zero attached hydrogens (tertiary/aromatic N) is 1. The van der Waals surface area contributed by atoms with Gasteiger partial charge in [0.1, 0.15) is 10.8 Å². The Labute approximate surface area is 159 Å². The van der Waals surface area contributed by atoms with Gasteiger partial charge in [0.05, 0.1) is 18.2 Å². The minimum absolute atomic E-state index is 0.0135. The van der Waals surface area contributed by atoms with Crippen LogP contribution in [0, 0.1) is 0 Å². The van der Waals surface area contributed by atoms with Gasteiger partial charge in [0.15, 0.2) is 11.3 Å². The SMILES string of the molecule is CCOc1cccc2cc(C(C)NC(=O)c3cccnc3SC(F)F)oc12. The Bertz CT molecular complexity index is 946. The molecule has 0 aliphatic carbocycles. The van der Waals surface area contributed by atoms with Crippen molar-refractivity contribution < 1.29 is 22.7 Å². The summed E-state index contributed by atoms with van der Waals surface area (Å²) in [6, 6.07) is 9.91. The van der Waals surface area contributed by atoms with Crippen molar-refractivity contribution in [3.05, 3.63) is 53.9 Å². The number of nitrogens with one attached hydrogen (secondary N) is 1. The summed E-state index contributed by atoms with van der Waals surface area (Å²) < 4.78 is 36.8. The number of hydrogen-bond acceptors (Lipinski definition) is 5. The van der Waals surface area contributed by atoms with Crippen LogP contribution in [0.25, 0.3) is 11.0 Å². The normalized spacial score (nSPS) is 12.3. The van der Waals surface area contributed by atoms with E-state index in [0.717, 1.165) is 5.39 Å². The van der Waals surface area contributed by atoms with Crippen LogP contribution in [0.15, 0.2) is 52.0 Å². The quantitative estimate of drug-likeness (QED) is 0.571. The molecular formula is C19H18F2N2O3S. The molecule has 3 rings (SSSR count). The van der Waals surface area contributed by atoms with Crippen LogP contribution in [-0.4, -0.2) is 23.3 Å². The largest absolute Gasteiger partial charge is 0.490 e. The van der Waals surface area contributed by atoms with E-state index in [0.29, 0.717) is 23.7 Å². The molecule has 0 aliphatic rings. The molecule has 1 atom stereocenters. The number of hydrogen-bond donors (Lipinski definition) is 1. The van der Waals surface area contributed by atoms with Crippen molar-refractivity contribution in [3.63, 3.8) is 0 Å². The zero-order chi connectivity index (χ0) is 19.4. The molecule has 142 valence electrons. The molecule has 0 fully saturated rings. The standard InChI is InChI=1S/C19H18F2N2O3S/c1-3-25-14-8-4-6-12-10-15(26-16(12)14)11(2)23-17(24)13-7-5-9-22-18(13)27-19(20)21/h4-11,19H,3H2,1-2H3,(H,23,24). The molecule has 0 saturated heterocycles. The van der Waals surface area contributed by atoms with Crippen LogP contribution in [0.4, 0.5) is 8.78 Å². The highest BCUT2D eigenvalue weighted by atomic mass is 32.2. The first-order chi connectivity index (χ1) is 13.0. The lowest BCUT2D eigenvalue weighted by Gasteiger charge is -2.13. The Balaban J connectivity index is 1.81. The predicted molar refractivity (Wildman–Crippen MR) is 99.4 cm³/mol. The van der Waals surface area contributed by atoms with E-state index in [1.165, 1.54) is 18.3 Å². The van der Waals surface area contributed by atoms with Crippen LogP contribution in [-0.2, 0) is 0 Å². The van der Waals surface area contributed by atoms with Gasteiger partial charge in [-0.15, -0.1) is 0 Å². The monoisotopic (exact) mass is 392 g/mol. The molecule has 1 N–H and O–H groups in total. The number of para-hydroxylation sites is 1. The van der Waals surface area contributed by atoms with Gasteiger partial charge in [0.2, 0.25) is 0 Å². The number of pyridine rings is 1. The van der Waals surface area contributed by atoms with Gasteiger partial charge in [-0.05, 0) is 49.9 Å². The summed E-state index contributed by atoms with van der Waals surface area (Å²) in [6.45, 7) is 4.15. The third kappa shape index (κ3) is 4.39. The van der Waals surface area contributed by atoms with E-state index in [2.05, 4.69) is 10.3 Å². The molecule has 3 aromatic rings. The summed E-state index contributed by atoms with van der Waals surface area (Å²) in [4.78, 5) is 16.4. The van der Waals surface area contributed by atoms with Crippen molar-refractivity contribution in [2.75, 3.05) is 6.61 Å². The van der Waals surface area contributed by atoms with Gasteiger partial charge in [-0.1, -0.05) is 12.1 Å². The highest BCUT2D eigenvalue weighted by Crippen LogP contribution is 2.31. The smallest absolute Gasteiger partial charge is 0.290 e. The van der Waals surface area contributed by atoms with Gasteiger partial charge in [-0.25, -0.2) is 4.98 Å². The molecular weight excluding hydrogens is 374 g/mol. The maximum atomic E-state index is 12.7. The highest BCUT2D eigenvalue weighted by molar-refractivity contribution is 7.99. The number of furan rings is 1. The molecule has 27 heavy (non-hydrogen) atoms. The second kappa shape index (κ2) is 8.39. The Hall–Kier alpha value is -2.61. The highest BCUT2D eigenvalue weighted by Gasteiger charge is 2.20. The zero-order valence-electron chi connectivity index (χ0n) is 14.7. The number of carbonyl (C=O) groups excluding carboxylic acids is 1. The van der Waals surface area contributed by atoms with E-state index in [9.17, 15) is 13.6 Å². The van der Waals surface area contributed by atoms with Crippen LogP contribution in [0.5, 0.6) is 5.75 Å². The lowest BCUT2D eigenvalue weighted by atomic mass is 10.2. The number of fused-ring (bicyclic) bond motifs is 1. The number of carbonyl (C=O) groups is 1. The summed E-state index contributed by atoms with van der Waals surface area (Å²) in [5.41, 5.74) is 0.700. The van der Waals surface area contributed by atoms with Crippen molar-refractivity contribution >= 4 is 28.6 Å². The molecule has 0 spiro atoms. The first kappa shape index (κ1) is 19.2. The minimum atomic E-state index is -2.66. The Morgan fingerprint density at radius 1 is 1.33 bits per heavy atom. The number of benzene rings is 1. The summed E-state index contributed by atoms with van der Waals surface area (Å²) >= 11 is 0.242. The number of amides is 1. The van der Waals surface area contributed by atoms with Crippen molar-refractivity contribution in [3.8, 4) is 5.75 Å². The maximum Gasteiger partial charge on any atom is 0.290 e. The van der Waals surface area contributed by atoms with Gasteiger partial charge >= 0.3 is 0 Å². The zero-order valence-corrected chi connectivity index (χ0v) is 15.6. The van der Waals surface area contributed by atoms with E-state index >= 15 is 0 Å². The summed E-state index contributed by atoms with van der Waals surface area (Å²) in [6.07, 6.45) is 1.37. The minimum Gasteiger partial charge on any atom is -0.490 e. The average Bonchev–Trinajstić information content (AvgIpc) is 3.07. The molecule has 8 heteroatoms. The van der Waals surface area contributed by atoms with Gasteiger partial charge < -0.3 is 14.5 Å². The molecule has 0 saturated carbocycles. The number of ether oxygens (including phenoxy) is 1. The number of aromatic nitrogens is 1. The molecule has 0 aliphatic heterocycles.